The first-order valence-electron chi connectivity index (χ1n) is 5.14. The van der Waals surface area contributed by atoms with Gasteiger partial charge in [0.05, 0.1) is 7.11 Å². The van der Waals surface area contributed by atoms with Crippen LogP contribution in [0, 0.1) is 11.6 Å². The number of carbonyl (C=O) groups is 1. The molecule has 1 rings (SSSR count). The Morgan fingerprint density at radius 3 is 2.33 bits per heavy atom. The molecule has 0 atom stereocenters. The highest BCUT2D eigenvalue weighted by molar-refractivity contribution is 5.93. The molecule has 0 aromatic heterocycles. The minimum absolute atomic E-state index is 0.00750. The van der Waals surface area contributed by atoms with Gasteiger partial charge in [-0.15, -0.1) is 0 Å². The number of hydrogen-bond acceptors (Lipinski definition) is 3. The summed E-state index contributed by atoms with van der Waals surface area (Å²) in [4.78, 5) is 11.1. The first kappa shape index (κ1) is 14.0. The summed E-state index contributed by atoms with van der Waals surface area (Å²) in [6.45, 7) is 1.47. The molecule has 0 heterocycles. The predicted octanol–water partition coefficient (Wildman–Crippen LogP) is 1.23. The number of rotatable bonds is 4. The fraction of sp³-hybridized carbons (Fsp3) is 0.250. The van der Waals surface area contributed by atoms with Gasteiger partial charge in [-0.2, -0.15) is 4.39 Å². The van der Waals surface area contributed by atoms with Crippen LogP contribution in [0.4, 0.5) is 8.78 Å². The van der Waals surface area contributed by atoms with Crippen LogP contribution in [-0.4, -0.2) is 13.0 Å². The molecular formula is C12H14F2N2O2. The highest BCUT2D eigenvalue weighted by Gasteiger charge is 2.17. The van der Waals surface area contributed by atoms with Crippen LogP contribution in [0.2, 0.25) is 0 Å². The minimum atomic E-state index is -1.10. The lowest BCUT2D eigenvalue weighted by Gasteiger charge is -2.09. The lowest BCUT2D eigenvalue weighted by Crippen LogP contribution is -2.20. The summed E-state index contributed by atoms with van der Waals surface area (Å²) in [6, 6.07) is 2.60. The lowest BCUT2D eigenvalue weighted by molar-refractivity contribution is -0.114. The van der Waals surface area contributed by atoms with Gasteiger partial charge in [0.2, 0.25) is 11.7 Å². The van der Waals surface area contributed by atoms with Gasteiger partial charge in [-0.3, -0.25) is 4.79 Å². The number of amides is 1. The fourth-order valence-corrected chi connectivity index (χ4v) is 1.48. The molecule has 1 amide bonds. The third-order valence-corrected chi connectivity index (χ3v) is 2.49. The Hall–Kier alpha value is -2.11. The molecule has 4 N–H and O–H groups in total. The van der Waals surface area contributed by atoms with Crippen molar-refractivity contribution in [2.75, 3.05) is 7.11 Å². The fourth-order valence-electron chi connectivity index (χ4n) is 1.48. The zero-order chi connectivity index (χ0) is 13.9. The van der Waals surface area contributed by atoms with E-state index in [1.54, 1.807) is 0 Å². The van der Waals surface area contributed by atoms with Gasteiger partial charge < -0.3 is 16.2 Å². The molecule has 0 bridgehead atoms. The van der Waals surface area contributed by atoms with Crippen molar-refractivity contribution in [1.82, 2.24) is 0 Å². The molecular weight excluding hydrogens is 242 g/mol. The molecule has 4 nitrogen and oxygen atoms in total. The van der Waals surface area contributed by atoms with E-state index >= 15 is 0 Å². The van der Waals surface area contributed by atoms with E-state index in [9.17, 15) is 13.6 Å². The Morgan fingerprint density at radius 1 is 1.28 bits per heavy atom. The van der Waals surface area contributed by atoms with Gasteiger partial charge in [0, 0.05) is 17.7 Å². The average molecular weight is 256 g/mol. The third-order valence-electron chi connectivity index (χ3n) is 2.49. The summed E-state index contributed by atoms with van der Waals surface area (Å²) < 4.78 is 31.8. The standard InChI is InChI=1S/C12H14F2N2O2/c1-6(15)8(12(16)17)5-7-3-4-9(18-2)11(14)10(7)13/h3-4H,5,15H2,1-2H3,(H2,16,17)/b8-6-. The van der Waals surface area contributed by atoms with Crippen LogP contribution in [0.3, 0.4) is 0 Å². The molecule has 0 fully saturated rings. The minimum Gasteiger partial charge on any atom is -0.494 e. The van der Waals surface area contributed by atoms with Crippen LogP contribution in [0.15, 0.2) is 23.4 Å². The molecule has 98 valence electrons. The van der Waals surface area contributed by atoms with Gasteiger partial charge in [0.15, 0.2) is 11.6 Å². The summed E-state index contributed by atoms with van der Waals surface area (Å²) in [5.74, 6) is -3.14. The van der Waals surface area contributed by atoms with E-state index in [-0.39, 0.29) is 29.0 Å². The largest absolute Gasteiger partial charge is 0.494 e. The number of hydrogen-bond donors (Lipinski definition) is 2. The number of halogens is 2. The zero-order valence-electron chi connectivity index (χ0n) is 10.1. The first-order chi connectivity index (χ1) is 8.38. The maximum Gasteiger partial charge on any atom is 0.246 e. The topological polar surface area (TPSA) is 78.3 Å². The summed E-state index contributed by atoms with van der Waals surface area (Å²) in [5, 5.41) is 0. The van der Waals surface area contributed by atoms with Crippen molar-refractivity contribution in [2.45, 2.75) is 13.3 Å². The van der Waals surface area contributed by atoms with Crippen LogP contribution in [0.25, 0.3) is 0 Å². The Balaban J connectivity index is 3.17. The number of carbonyl (C=O) groups excluding carboxylic acids is 1. The molecule has 0 spiro atoms. The Labute approximate surface area is 103 Å². The second-order valence-corrected chi connectivity index (χ2v) is 3.76. The van der Waals surface area contributed by atoms with Gasteiger partial charge in [-0.05, 0) is 18.6 Å². The molecule has 0 saturated heterocycles. The summed E-state index contributed by atoms with van der Waals surface area (Å²) in [5.41, 5.74) is 10.8. The first-order valence-corrected chi connectivity index (χ1v) is 5.14. The molecule has 0 saturated carbocycles. The van der Waals surface area contributed by atoms with Gasteiger partial charge in [0.1, 0.15) is 0 Å². The molecule has 18 heavy (non-hydrogen) atoms. The van der Waals surface area contributed by atoms with E-state index < -0.39 is 17.5 Å². The number of methoxy groups -OCH3 is 1. The van der Waals surface area contributed by atoms with Crippen molar-refractivity contribution >= 4 is 5.91 Å². The van der Waals surface area contributed by atoms with E-state index in [2.05, 4.69) is 4.74 Å². The quantitative estimate of drug-likeness (QED) is 0.795. The van der Waals surface area contributed by atoms with E-state index in [1.165, 1.54) is 26.2 Å². The molecule has 0 unspecified atom stereocenters. The van der Waals surface area contributed by atoms with Crippen molar-refractivity contribution in [2.24, 2.45) is 11.5 Å². The smallest absolute Gasteiger partial charge is 0.246 e. The highest BCUT2D eigenvalue weighted by atomic mass is 19.2. The predicted molar refractivity (Wildman–Crippen MR) is 62.7 cm³/mol. The molecule has 0 aliphatic rings. The monoisotopic (exact) mass is 256 g/mol. The zero-order valence-corrected chi connectivity index (χ0v) is 10.1. The number of allylic oxidation sites excluding steroid dienone is 1. The third kappa shape index (κ3) is 2.77. The molecule has 0 aliphatic carbocycles. The van der Waals surface area contributed by atoms with Crippen molar-refractivity contribution < 1.29 is 18.3 Å². The van der Waals surface area contributed by atoms with Gasteiger partial charge in [0.25, 0.3) is 0 Å². The van der Waals surface area contributed by atoms with E-state index in [1.807, 2.05) is 0 Å². The van der Waals surface area contributed by atoms with Crippen molar-refractivity contribution in [1.29, 1.82) is 0 Å². The molecule has 0 aliphatic heterocycles. The second kappa shape index (κ2) is 5.48. The van der Waals surface area contributed by atoms with Crippen molar-refractivity contribution in [3.8, 4) is 5.75 Å². The Kier molecular flexibility index (Phi) is 4.25. The Morgan fingerprint density at radius 2 is 1.89 bits per heavy atom. The molecule has 0 radical (unpaired) electrons. The normalized spacial score (nSPS) is 12.0. The number of ether oxygens (including phenoxy) is 1. The molecule has 1 aromatic rings. The maximum atomic E-state index is 13.7. The van der Waals surface area contributed by atoms with Crippen molar-refractivity contribution in [3.05, 3.63) is 40.6 Å². The molecule has 6 heteroatoms. The van der Waals surface area contributed by atoms with Gasteiger partial charge in [-0.25, -0.2) is 4.39 Å². The highest BCUT2D eigenvalue weighted by Crippen LogP contribution is 2.24. The van der Waals surface area contributed by atoms with Crippen LogP contribution < -0.4 is 16.2 Å². The summed E-state index contributed by atoms with van der Waals surface area (Å²) >= 11 is 0. The second-order valence-electron chi connectivity index (χ2n) is 3.76. The number of benzene rings is 1. The summed E-state index contributed by atoms with van der Waals surface area (Å²) in [7, 11) is 1.23. The SMILES string of the molecule is COc1ccc(C/C(C(N)=O)=C(\C)N)c(F)c1F. The maximum absolute atomic E-state index is 13.7. The van der Waals surface area contributed by atoms with E-state index in [4.69, 9.17) is 11.5 Å². The van der Waals surface area contributed by atoms with Crippen molar-refractivity contribution in [3.63, 3.8) is 0 Å². The van der Waals surface area contributed by atoms with E-state index in [0.29, 0.717) is 0 Å². The van der Waals surface area contributed by atoms with Crippen LogP contribution >= 0.6 is 0 Å². The molecule has 1 aromatic carbocycles. The van der Waals surface area contributed by atoms with Crippen LogP contribution in [0.5, 0.6) is 5.75 Å². The van der Waals surface area contributed by atoms with E-state index in [0.717, 1.165) is 0 Å². The number of primary amides is 1. The number of nitrogens with two attached hydrogens (primary N) is 2. The lowest BCUT2D eigenvalue weighted by atomic mass is 10.0. The average Bonchev–Trinajstić information content (AvgIpc) is 2.30. The van der Waals surface area contributed by atoms with Gasteiger partial charge in [-0.1, -0.05) is 6.07 Å². The Bertz CT molecular complexity index is 509. The van der Waals surface area contributed by atoms with Gasteiger partial charge >= 0.3 is 0 Å². The summed E-state index contributed by atoms with van der Waals surface area (Å²) in [6.07, 6.45) is -0.162. The van der Waals surface area contributed by atoms with Crippen LogP contribution in [-0.2, 0) is 11.2 Å². The van der Waals surface area contributed by atoms with Crippen LogP contribution in [0.1, 0.15) is 12.5 Å².